The van der Waals surface area contributed by atoms with Gasteiger partial charge in [0.05, 0.1) is 16.3 Å². The number of nitrogens with zero attached hydrogens (tertiary/aromatic N) is 3. The van der Waals surface area contributed by atoms with Crippen LogP contribution in [0.5, 0.6) is 0 Å². The Morgan fingerprint density at radius 2 is 1.88 bits per heavy atom. The van der Waals surface area contributed by atoms with E-state index < -0.39 is 0 Å². The number of thiazole rings is 1. The maximum atomic E-state index is 13.1. The summed E-state index contributed by atoms with van der Waals surface area (Å²) in [5.74, 6) is -0.246. The quantitative estimate of drug-likeness (QED) is 0.587. The van der Waals surface area contributed by atoms with Crippen molar-refractivity contribution in [1.29, 1.82) is 0 Å². The van der Waals surface area contributed by atoms with Crippen molar-refractivity contribution >= 4 is 28.4 Å². The lowest BCUT2D eigenvalue weighted by Gasteiger charge is -2.05. The Bertz CT molecular complexity index is 901. The fourth-order valence-corrected chi connectivity index (χ4v) is 3.96. The van der Waals surface area contributed by atoms with Crippen LogP contribution in [0.15, 0.2) is 57.3 Å². The highest BCUT2D eigenvalue weighted by atomic mass is 32.1. The van der Waals surface area contributed by atoms with Crippen LogP contribution < -0.4 is 4.80 Å². The molecule has 1 aromatic carbocycles. The zero-order valence-corrected chi connectivity index (χ0v) is 15.4. The summed E-state index contributed by atoms with van der Waals surface area (Å²) < 4.78 is 15.0. The molecule has 0 amide bonds. The Labute approximate surface area is 148 Å². The van der Waals surface area contributed by atoms with Gasteiger partial charge in [0.1, 0.15) is 5.82 Å². The molecule has 24 heavy (non-hydrogen) atoms. The van der Waals surface area contributed by atoms with Crippen LogP contribution in [0.4, 0.5) is 4.39 Å². The standard InChI is InChI=1S/C18H18FN3S2/c1-12(2)20-18-22(16(11-24-18)17-5-4-10-23-17)21-13(3)14-6-8-15(19)9-7-14/h4-12H,1-3H3. The fraction of sp³-hybridized carbons (Fsp3) is 0.222. The number of benzene rings is 1. The van der Waals surface area contributed by atoms with Gasteiger partial charge in [0, 0.05) is 11.4 Å². The van der Waals surface area contributed by atoms with Gasteiger partial charge < -0.3 is 0 Å². The second-order valence-electron chi connectivity index (χ2n) is 5.61. The number of hydrogen-bond donors (Lipinski definition) is 0. The van der Waals surface area contributed by atoms with Crippen LogP contribution in [0.1, 0.15) is 26.3 Å². The van der Waals surface area contributed by atoms with Crippen LogP contribution in [-0.4, -0.2) is 16.4 Å². The molecule has 0 spiro atoms. The van der Waals surface area contributed by atoms with Crippen molar-refractivity contribution in [2.75, 3.05) is 0 Å². The van der Waals surface area contributed by atoms with Gasteiger partial charge in [0.2, 0.25) is 4.80 Å². The minimum Gasteiger partial charge on any atom is -0.255 e. The van der Waals surface area contributed by atoms with Crippen LogP contribution in [0.25, 0.3) is 10.6 Å². The van der Waals surface area contributed by atoms with Crippen LogP contribution >= 0.6 is 22.7 Å². The molecule has 0 bridgehead atoms. The third-order valence-corrected chi connectivity index (χ3v) is 5.06. The molecule has 0 N–H and O–H groups in total. The van der Waals surface area contributed by atoms with Crippen LogP contribution in [0.3, 0.4) is 0 Å². The van der Waals surface area contributed by atoms with Crippen molar-refractivity contribution in [3.8, 4) is 10.6 Å². The summed E-state index contributed by atoms with van der Waals surface area (Å²) in [4.78, 5) is 6.67. The van der Waals surface area contributed by atoms with E-state index in [2.05, 4.69) is 16.4 Å². The number of hydrogen-bond acceptors (Lipinski definition) is 4. The van der Waals surface area contributed by atoms with E-state index >= 15 is 0 Å². The van der Waals surface area contributed by atoms with Gasteiger partial charge in [-0.2, -0.15) is 5.10 Å². The first-order chi connectivity index (χ1) is 11.5. The van der Waals surface area contributed by atoms with Crippen LogP contribution in [-0.2, 0) is 0 Å². The molecule has 2 aromatic heterocycles. The van der Waals surface area contributed by atoms with E-state index in [-0.39, 0.29) is 11.9 Å². The van der Waals surface area contributed by atoms with Crippen molar-refractivity contribution in [1.82, 2.24) is 4.68 Å². The monoisotopic (exact) mass is 359 g/mol. The van der Waals surface area contributed by atoms with Gasteiger partial charge in [0.25, 0.3) is 0 Å². The lowest BCUT2D eigenvalue weighted by Crippen LogP contribution is -2.16. The Balaban J connectivity index is 2.12. The first-order valence-electron chi connectivity index (χ1n) is 7.64. The summed E-state index contributed by atoms with van der Waals surface area (Å²) >= 11 is 3.25. The molecule has 0 saturated carbocycles. The maximum Gasteiger partial charge on any atom is 0.206 e. The van der Waals surface area contributed by atoms with Gasteiger partial charge in [-0.3, -0.25) is 4.99 Å². The van der Waals surface area contributed by atoms with E-state index in [1.165, 1.54) is 12.1 Å². The summed E-state index contributed by atoms with van der Waals surface area (Å²) in [6.45, 7) is 6.02. The molecule has 0 saturated heterocycles. The van der Waals surface area contributed by atoms with Gasteiger partial charge in [-0.15, -0.1) is 22.7 Å². The van der Waals surface area contributed by atoms with Crippen molar-refractivity contribution in [3.63, 3.8) is 0 Å². The van der Waals surface area contributed by atoms with E-state index in [0.29, 0.717) is 0 Å². The van der Waals surface area contributed by atoms with Crippen molar-refractivity contribution in [2.45, 2.75) is 26.8 Å². The normalized spacial score (nSPS) is 13.0. The minimum atomic E-state index is -0.246. The summed E-state index contributed by atoms with van der Waals surface area (Å²) in [5.41, 5.74) is 2.73. The lowest BCUT2D eigenvalue weighted by atomic mass is 10.1. The molecule has 0 aliphatic rings. The van der Waals surface area contributed by atoms with Crippen LogP contribution in [0, 0.1) is 5.82 Å². The van der Waals surface area contributed by atoms with Crippen molar-refractivity contribution < 1.29 is 4.39 Å². The molecule has 3 aromatic rings. The molecule has 2 heterocycles. The van der Waals surface area contributed by atoms with Crippen molar-refractivity contribution in [2.24, 2.45) is 10.1 Å². The molecule has 0 unspecified atom stereocenters. The van der Waals surface area contributed by atoms with E-state index in [0.717, 1.165) is 26.6 Å². The molecule has 6 heteroatoms. The molecule has 0 fully saturated rings. The SMILES string of the molecule is CC(=Nn1c(-c2cccs2)csc1=NC(C)C)c1ccc(F)cc1. The van der Waals surface area contributed by atoms with Gasteiger partial charge in [-0.1, -0.05) is 18.2 Å². The second kappa shape index (κ2) is 7.23. The molecule has 0 aliphatic carbocycles. The van der Waals surface area contributed by atoms with E-state index in [1.807, 2.05) is 36.9 Å². The highest BCUT2D eigenvalue weighted by molar-refractivity contribution is 7.14. The zero-order chi connectivity index (χ0) is 17.1. The number of aromatic nitrogens is 1. The number of rotatable bonds is 4. The highest BCUT2D eigenvalue weighted by Gasteiger charge is 2.10. The number of thiophene rings is 1. The smallest absolute Gasteiger partial charge is 0.206 e. The first-order valence-corrected chi connectivity index (χ1v) is 9.40. The molecule has 124 valence electrons. The summed E-state index contributed by atoms with van der Waals surface area (Å²) in [5, 5.41) is 8.89. The summed E-state index contributed by atoms with van der Waals surface area (Å²) in [7, 11) is 0. The third kappa shape index (κ3) is 3.71. The van der Waals surface area contributed by atoms with Gasteiger partial charge in [0.15, 0.2) is 0 Å². The zero-order valence-electron chi connectivity index (χ0n) is 13.7. The van der Waals surface area contributed by atoms with Crippen molar-refractivity contribution in [3.05, 3.63) is 63.3 Å². The Kier molecular flexibility index (Phi) is 5.06. The average Bonchev–Trinajstić information content (AvgIpc) is 3.18. The second-order valence-corrected chi connectivity index (χ2v) is 7.39. The highest BCUT2D eigenvalue weighted by Crippen LogP contribution is 2.25. The predicted molar refractivity (Wildman–Crippen MR) is 100 cm³/mol. The van der Waals surface area contributed by atoms with E-state index in [1.54, 1.807) is 34.8 Å². The third-order valence-electron chi connectivity index (χ3n) is 3.34. The van der Waals surface area contributed by atoms with E-state index in [9.17, 15) is 4.39 Å². The molecule has 0 aliphatic heterocycles. The summed E-state index contributed by atoms with van der Waals surface area (Å²) in [6.07, 6.45) is 0. The Morgan fingerprint density at radius 1 is 1.12 bits per heavy atom. The van der Waals surface area contributed by atoms with Crippen LogP contribution in [0.2, 0.25) is 0 Å². The fourth-order valence-electron chi connectivity index (χ4n) is 2.20. The van der Waals surface area contributed by atoms with E-state index in [4.69, 9.17) is 5.10 Å². The Morgan fingerprint density at radius 3 is 2.50 bits per heavy atom. The molecule has 3 rings (SSSR count). The van der Waals surface area contributed by atoms with Gasteiger partial charge >= 0.3 is 0 Å². The summed E-state index contributed by atoms with van der Waals surface area (Å²) in [6, 6.07) is 10.7. The average molecular weight is 359 g/mol. The topological polar surface area (TPSA) is 29.6 Å². The van der Waals surface area contributed by atoms with Gasteiger partial charge in [-0.05, 0) is 49.9 Å². The predicted octanol–water partition coefficient (Wildman–Crippen LogP) is 5.00. The first kappa shape index (κ1) is 16.8. The molecule has 0 radical (unpaired) electrons. The number of halogens is 1. The maximum absolute atomic E-state index is 13.1. The molecule has 0 atom stereocenters. The minimum absolute atomic E-state index is 0.187. The molecular weight excluding hydrogens is 341 g/mol. The lowest BCUT2D eigenvalue weighted by molar-refractivity contribution is 0.627. The molecule has 3 nitrogen and oxygen atoms in total. The largest absolute Gasteiger partial charge is 0.255 e. The van der Waals surface area contributed by atoms with Gasteiger partial charge in [-0.25, -0.2) is 9.07 Å². The molecular formula is C18H18FN3S2. The Hall–Kier alpha value is -2.05.